The summed E-state index contributed by atoms with van der Waals surface area (Å²) < 4.78 is 6.33. The third kappa shape index (κ3) is 6.09. The Morgan fingerprint density at radius 1 is 0.433 bits per heavy atom. The lowest BCUT2D eigenvalue weighted by Gasteiger charge is -2.37. The largest absolute Gasteiger partial charge is 0.456 e. The fraction of sp³-hybridized carbons (Fsp3) is 0.219. The van der Waals surface area contributed by atoms with Gasteiger partial charge in [0.2, 0.25) is 0 Å². The molecule has 5 aliphatic carbocycles. The molecular formula is C64H52N2O. The maximum Gasteiger partial charge on any atom is 0.160 e. The van der Waals surface area contributed by atoms with Gasteiger partial charge < -0.3 is 4.42 Å². The SMILES string of the molecule is C1=CC(c2cccc(-c3ccc4c(c3)C3(CCCCC3)c3cc5c(cc3-4)C3(CCCCC3)c3ccccc3-5)c2)=CC(c2cc(-c3ccc4c(c3)oc3ccccc34)nc(-c3ccccc3)n2)C1. The predicted octanol–water partition coefficient (Wildman–Crippen LogP) is 17.0. The van der Waals surface area contributed by atoms with Gasteiger partial charge in [-0.05, 0) is 147 Å². The third-order valence-electron chi connectivity index (χ3n) is 16.6. The van der Waals surface area contributed by atoms with Crippen LogP contribution in [0.15, 0.2) is 180 Å². The van der Waals surface area contributed by atoms with Gasteiger partial charge in [0.25, 0.3) is 0 Å². The highest BCUT2D eigenvalue weighted by atomic mass is 16.3. The van der Waals surface area contributed by atoms with Gasteiger partial charge >= 0.3 is 0 Å². The second kappa shape index (κ2) is 15.2. The summed E-state index contributed by atoms with van der Waals surface area (Å²) in [6.07, 6.45) is 20.8. The number of para-hydroxylation sites is 1. The van der Waals surface area contributed by atoms with Crippen molar-refractivity contribution in [2.75, 3.05) is 0 Å². The molecule has 9 aromatic rings. The van der Waals surface area contributed by atoms with Crippen LogP contribution in [0.1, 0.15) is 110 Å². The molecule has 2 spiro atoms. The summed E-state index contributed by atoms with van der Waals surface area (Å²) in [5, 5.41) is 2.24. The molecule has 2 aromatic heterocycles. The van der Waals surface area contributed by atoms with Crippen molar-refractivity contribution < 1.29 is 4.42 Å². The highest BCUT2D eigenvalue weighted by Crippen LogP contribution is 2.62. The first-order valence-electron chi connectivity index (χ1n) is 24.9. The van der Waals surface area contributed by atoms with Crippen molar-refractivity contribution in [3.05, 3.63) is 209 Å². The number of allylic oxidation sites excluding steroid dienone is 4. The van der Waals surface area contributed by atoms with Crippen LogP contribution < -0.4 is 0 Å². The summed E-state index contributed by atoms with van der Waals surface area (Å²) in [5.74, 6) is 0.829. The second-order valence-corrected chi connectivity index (χ2v) is 20.2. The Labute approximate surface area is 393 Å². The van der Waals surface area contributed by atoms with Gasteiger partial charge in [0, 0.05) is 38.6 Å². The molecule has 324 valence electrons. The average Bonchev–Trinajstić information content (AvgIpc) is 3.99. The molecule has 0 N–H and O–H groups in total. The van der Waals surface area contributed by atoms with Crippen molar-refractivity contribution >= 4 is 27.5 Å². The summed E-state index contributed by atoms with van der Waals surface area (Å²) in [4.78, 5) is 10.5. The topological polar surface area (TPSA) is 38.9 Å². The van der Waals surface area contributed by atoms with E-state index in [1.165, 1.54) is 109 Å². The zero-order valence-electron chi connectivity index (χ0n) is 37.9. The summed E-state index contributed by atoms with van der Waals surface area (Å²) in [6.45, 7) is 0. The smallest absolute Gasteiger partial charge is 0.160 e. The van der Waals surface area contributed by atoms with E-state index in [-0.39, 0.29) is 16.7 Å². The molecule has 67 heavy (non-hydrogen) atoms. The molecule has 1 unspecified atom stereocenters. The molecule has 1 atom stereocenters. The van der Waals surface area contributed by atoms with Gasteiger partial charge in [0.1, 0.15) is 11.2 Å². The number of nitrogens with zero attached hydrogens (tertiary/aromatic N) is 2. The van der Waals surface area contributed by atoms with E-state index in [9.17, 15) is 0 Å². The quantitative estimate of drug-likeness (QED) is 0.173. The minimum atomic E-state index is 0.0670. The number of rotatable bonds is 5. The minimum Gasteiger partial charge on any atom is -0.456 e. The zero-order valence-corrected chi connectivity index (χ0v) is 37.9. The van der Waals surface area contributed by atoms with Gasteiger partial charge in [-0.2, -0.15) is 0 Å². The summed E-state index contributed by atoms with van der Waals surface area (Å²) >= 11 is 0. The monoisotopic (exact) mass is 864 g/mol. The van der Waals surface area contributed by atoms with E-state index in [0.717, 1.165) is 56.7 Å². The van der Waals surface area contributed by atoms with E-state index < -0.39 is 0 Å². The molecule has 7 aromatic carbocycles. The molecule has 2 saturated carbocycles. The Kier molecular flexibility index (Phi) is 8.88. The highest BCUT2D eigenvalue weighted by Gasteiger charge is 2.49. The van der Waals surface area contributed by atoms with Crippen LogP contribution in [0.5, 0.6) is 0 Å². The van der Waals surface area contributed by atoms with Crippen molar-refractivity contribution in [2.24, 2.45) is 0 Å². The van der Waals surface area contributed by atoms with Crippen LogP contribution in [0.2, 0.25) is 0 Å². The maximum absolute atomic E-state index is 6.33. The first kappa shape index (κ1) is 39.1. The Bertz CT molecular complexity index is 3520. The van der Waals surface area contributed by atoms with Crippen molar-refractivity contribution in [1.29, 1.82) is 0 Å². The zero-order chi connectivity index (χ0) is 44.1. The standard InChI is InChI=1S/C64H52N2O/c1-4-16-41(17-5-1)62-65-58(40-59(66-62)47-27-29-51-50-23-7-9-25-60(50)67-61(51)37-47)46-21-15-20-44(35-46)42-18-14-19-43(34-42)45-26-28-49-53-39-56-52(38-57(53)64(55(49)36-45)32-12-3-13-33-64)48-22-6-8-24-54(48)63(56)30-10-2-11-31-63/h1,4-9,14-20,22-29,34-40,46H,2-3,10-13,21,30-33H2. The average molecular weight is 865 g/mol. The summed E-state index contributed by atoms with van der Waals surface area (Å²) in [7, 11) is 0. The van der Waals surface area contributed by atoms with Crippen LogP contribution >= 0.6 is 0 Å². The fourth-order valence-corrected chi connectivity index (χ4v) is 13.4. The molecule has 0 aliphatic heterocycles. The molecule has 2 heterocycles. The summed E-state index contributed by atoms with van der Waals surface area (Å²) in [6, 6.07) is 58.8. The molecule has 0 saturated heterocycles. The van der Waals surface area contributed by atoms with Gasteiger partial charge in [0.15, 0.2) is 5.82 Å². The third-order valence-corrected chi connectivity index (χ3v) is 16.6. The van der Waals surface area contributed by atoms with Crippen molar-refractivity contribution in [3.63, 3.8) is 0 Å². The van der Waals surface area contributed by atoms with Crippen LogP contribution in [0.3, 0.4) is 0 Å². The number of aromatic nitrogens is 2. The summed E-state index contributed by atoms with van der Waals surface area (Å²) in [5.41, 5.74) is 23.3. The van der Waals surface area contributed by atoms with Crippen LogP contribution in [0, 0.1) is 0 Å². The Hall–Kier alpha value is -7.10. The number of hydrogen-bond acceptors (Lipinski definition) is 3. The first-order valence-corrected chi connectivity index (χ1v) is 24.9. The molecule has 3 heteroatoms. The Morgan fingerprint density at radius 3 is 1.90 bits per heavy atom. The lowest BCUT2D eigenvalue weighted by molar-refractivity contribution is 0.350. The molecule has 14 rings (SSSR count). The second-order valence-electron chi connectivity index (χ2n) is 20.2. The number of benzene rings is 7. The van der Waals surface area contributed by atoms with E-state index in [0.29, 0.717) is 0 Å². The predicted molar refractivity (Wildman–Crippen MR) is 275 cm³/mol. The van der Waals surface area contributed by atoms with Gasteiger partial charge in [-0.25, -0.2) is 9.97 Å². The van der Waals surface area contributed by atoms with E-state index in [1.807, 2.05) is 18.2 Å². The van der Waals surface area contributed by atoms with Crippen LogP contribution in [-0.2, 0) is 10.8 Å². The molecule has 2 fully saturated rings. The Balaban J connectivity index is 0.830. The number of hydrogen-bond donors (Lipinski definition) is 0. The van der Waals surface area contributed by atoms with Crippen molar-refractivity contribution in [2.45, 2.75) is 87.4 Å². The van der Waals surface area contributed by atoms with Gasteiger partial charge in [0.05, 0.1) is 11.4 Å². The molecular weight excluding hydrogens is 813 g/mol. The fourth-order valence-electron chi connectivity index (χ4n) is 13.4. The molecule has 5 aliphatic rings. The Morgan fingerprint density at radius 2 is 1.07 bits per heavy atom. The minimum absolute atomic E-state index is 0.0670. The molecule has 3 nitrogen and oxygen atoms in total. The number of fused-ring (bicyclic) bond motifs is 13. The van der Waals surface area contributed by atoms with E-state index in [4.69, 9.17) is 14.4 Å². The van der Waals surface area contributed by atoms with Crippen LogP contribution in [0.4, 0.5) is 0 Å². The molecule has 0 amide bonds. The van der Waals surface area contributed by atoms with Gasteiger partial charge in [-0.3, -0.25) is 0 Å². The highest BCUT2D eigenvalue weighted by molar-refractivity contribution is 6.05. The lowest BCUT2D eigenvalue weighted by Crippen LogP contribution is -2.29. The molecule has 0 bridgehead atoms. The van der Waals surface area contributed by atoms with Gasteiger partial charge in [-0.15, -0.1) is 0 Å². The van der Waals surface area contributed by atoms with E-state index in [2.05, 4.69) is 158 Å². The van der Waals surface area contributed by atoms with Gasteiger partial charge in [-0.1, -0.05) is 166 Å². The lowest BCUT2D eigenvalue weighted by atomic mass is 9.66. The van der Waals surface area contributed by atoms with Crippen LogP contribution in [-0.4, -0.2) is 9.97 Å². The number of furan rings is 1. The van der Waals surface area contributed by atoms with E-state index in [1.54, 1.807) is 22.3 Å². The molecule has 0 radical (unpaired) electrons. The maximum atomic E-state index is 6.33. The van der Waals surface area contributed by atoms with Crippen LogP contribution in [0.25, 0.3) is 83.5 Å². The first-order chi connectivity index (χ1) is 33.1. The van der Waals surface area contributed by atoms with E-state index >= 15 is 0 Å². The van der Waals surface area contributed by atoms with Crippen molar-refractivity contribution in [1.82, 2.24) is 9.97 Å². The van der Waals surface area contributed by atoms with Crippen molar-refractivity contribution in [3.8, 4) is 56.0 Å². The normalized spacial score (nSPS) is 18.5.